The molecule has 12 heteroatoms. The number of aliphatic imine (C=N–C) groups is 1. The van der Waals surface area contributed by atoms with Crippen LogP contribution in [0.3, 0.4) is 0 Å². The van der Waals surface area contributed by atoms with E-state index in [0.717, 1.165) is 34.0 Å². The lowest BCUT2D eigenvalue weighted by atomic mass is 10.2. The second-order valence-electron chi connectivity index (χ2n) is 5.84. The highest BCUT2D eigenvalue weighted by molar-refractivity contribution is 8.93. The minimum absolute atomic E-state index is 0. The van der Waals surface area contributed by atoms with Crippen molar-refractivity contribution in [2.45, 2.75) is 16.4 Å². The molecule has 1 aliphatic heterocycles. The number of halogens is 1. The Morgan fingerprint density at radius 3 is 2.41 bits per heavy atom. The number of nitrogens with zero attached hydrogens (tertiary/aromatic N) is 2. The van der Waals surface area contributed by atoms with E-state index < -0.39 is 14.6 Å². The Hall–Kier alpha value is -1.86. The molecular weight excluding hydrogens is 500 g/mol. The van der Waals surface area contributed by atoms with Crippen molar-refractivity contribution in [2.75, 3.05) is 4.90 Å². The number of hydrogen-bond acceptors (Lipinski definition) is 7. The molecule has 0 aromatic heterocycles. The first-order valence-corrected chi connectivity index (χ1v) is 11.2. The summed E-state index contributed by atoms with van der Waals surface area (Å²) in [6.07, 6.45) is 0. The summed E-state index contributed by atoms with van der Waals surface area (Å²) in [5.74, 6) is -0.381. The maximum atomic E-state index is 12.6. The van der Waals surface area contributed by atoms with Gasteiger partial charge in [-0.1, -0.05) is 23.9 Å². The number of imide groups is 1. The Kier molecular flexibility index (Phi) is 7.51. The fraction of sp³-hybridized carbons (Fsp3) is 0.118. The fourth-order valence-corrected chi connectivity index (χ4v) is 4.96. The predicted octanol–water partition coefficient (Wildman–Crippen LogP) is 3.13. The number of benzene rings is 2. The third-order valence-electron chi connectivity index (χ3n) is 3.70. The summed E-state index contributed by atoms with van der Waals surface area (Å²) in [4.78, 5) is 30.2. The van der Waals surface area contributed by atoms with Gasteiger partial charge in [0.05, 0.1) is 16.3 Å². The highest BCUT2D eigenvalue weighted by Gasteiger charge is 2.41. The van der Waals surface area contributed by atoms with E-state index in [4.69, 9.17) is 10.9 Å². The van der Waals surface area contributed by atoms with Crippen LogP contribution in [-0.4, -0.2) is 29.3 Å². The van der Waals surface area contributed by atoms with E-state index in [1.807, 2.05) is 13.0 Å². The lowest BCUT2D eigenvalue weighted by molar-refractivity contribution is -0.115. The number of carbonyl (C=O) groups is 2. The second kappa shape index (κ2) is 9.30. The van der Waals surface area contributed by atoms with Crippen molar-refractivity contribution < 1.29 is 18.0 Å². The highest BCUT2D eigenvalue weighted by atomic mass is 79.9. The number of amides is 2. The van der Waals surface area contributed by atoms with Gasteiger partial charge >= 0.3 is 0 Å². The van der Waals surface area contributed by atoms with Crippen LogP contribution >= 0.6 is 40.5 Å². The van der Waals surface area contributed by atoms with E-state index in [-0.39, 0.29) is 38.2 Å². The molecule has 8 nitrogen and oxygen atoms in total. The van der Waals surface area contributed by atoms with Crippen LogP contribution in [0.15, 0.2) is 58.4 Å². The number of aryl methyl sites for hydroxylation is 1. The zero-order valence-electron chi connectivity index (χ0n) is 15.0. The summed E-state index contributed by atoms with van der Waals surface area (Å²) in [6.45, 7) is 1.87. The van der Waals surface area contributed by atoms with Gasteiger partial charge in [0.1, 0.15) is 4.58 Å². The summed E-state index contributed by atoms with van der Waals surface area (Å²) in [5.41, 5.74) is 7.74. The summed E-state index contributed by atoms with van der Waals surface area (Å²) in [7, 11) is -3.79. The average Bonchev–Trinajstić information content (AvgIpc) is 2.88. The first-order valence-electron chi connectivity index (χ1n) is 7.90. The normalized spacial score (nSPS) is 17.4. The highest BCUT2D eigenvalue weighted by Crippen LogP contribution is 2.38. The molecular formula is C17H17BrN4O4S3. The Bertz CT molecular complexity index is 1070. The Morgan fingerprint density at radius 1 is 1.17 bits per heavy atom. The molecule has 1 fully saturated rings. The van der Waals surface area contributed by atoms with Gasteiger partial charge in [-0.3, -0.25) is 9.59 Å². The quantitative estimate of drug-likeness (QED) is 0.470. The maximum Gasteiger partial charge on any atom is 0.294 e. The van der Waals surface area contributed by atoms with Gasteiger partial charge in [-0.25, -0.2) is 23.4 Å². The van der Waals surface area contributed by atoms with Gasteiger partial charge in [0.2, 0.25) is 10.0 Å². The predicted molar refractivity (Wildman–Crippen MR) is 122 cm³/mol. The molecule has 29 heavy (non-hydrogen) atoms. The molecule has 0 saturated carbocycles. The summed E-state index contributed by atoms with van der Waals surface area (Å²) >= 11 is 1.83. The average molecular weight is 517 g/mol. The number of nitrogens with two attached hydrogens (primary N) is 2. The van der Waals surface area contributed by atoms with E-state index in [0.29, 0.717) is 11.4 Å². The van der Waals surface area contributed by atoms with Gasteiger partial charge < -0.3 is 5.73 Å². The summed E-state index contributed by atoms with van der Waals surface area (Å²) < 4.78 is 21.8. The van der Waals surface area contributed by atoms with Crippen LogP contribution in [0.1, 0.15) is 5.56 Å². The van der Waals surface area contributed by atoms with Crippen molar-refractivity contribution in [1.29, 1.82) is 0 Å². The Morgan fingerprint density at radius 2 is 1.83 bits per heavy atom. The zero-order chi connectivity index (χ0) is 20.5. The van der Waals surface area contributed by atoms with Gasteiger partial charge in [-0.2, -0.15) is 0 Å². The lowest BCUT2D eigenvalue weighted by Crippen LogP contribution is -2.31. The molecule has 1 saturated heterocycles. The molecule has 4 N–H and O–H groups in total. The molecule has 1 unspecified atom stereocenters. The minimum Gasteiger partial charge on any atom is -0.378 e. The fourth-order valence-electron chi connectivity index (χ4n) is 2.44. The van der Waals surface area contributed by atoms with Crippen molar-refractivity contribution in [3.05, 3.63) is 54.1 Å². The zero-order valence-corrected chi connectivity index (χ0v) is 19.2. The number of sulfonamides is 1. The molecule has 2 amide bonds. The van der Waals surface area contributed by atoms with E-state index in [1.165, 1.54) is 24.3 Å². The second-order valence-corrected chi connectivity index (χ2v) is 9.88. The van der Waals surface area contributed by atoms with Crippen molar-refractivity contribution in [3.8, 4) is 0 Å². The van der Waals surface area contributed by atoms with Crippen LogP contribution in [0.5, 0.6) is 0 Å². The van der Waals surface area contributed by atoms with Gasteiger partial charge in [0, 0.05) is 0 Å². The SMILES string of the molecule is Br.Cc1cccc(N2C(=O)SC(SC(N)=Nc3ccc(S(N)(=O)=O)cc3)C2=O)c1. The van der Waals surface area contributed by atoms with Crippen LogP contribution in [-0.2, 0) is 14.8 Å². The number of anilines is 1. The molecule has 0 aliphatic carbocycles. The smallest absolute Gasteiger partial charge is 0.294 e. The van der Waals surface area contributed by atoms with E-state index >= 15 is 0 Å². The molecule has 3 rings (SSSR count). The van der Waals surface area contributed by atoms with Crippen molar-refractivity contribution in [1.82, 2.24) is 0 Å². The molecule has 154 valence electrons. The molecule has 1 aliphatic rings. The molecule has 0 radical (unpaired) electrons. The first-order chi connectivity index (χ1) is 13.1. The van der Waals surface area contributed by atoms with Gasteiger partial charge in [0.25, 0.3) is 11.1 Å². The molecule has 1 heterocycles. The number of amidine groups is 1. The Balaban J connectivity index is 0.00000300. The molecule has 0 spiro atoms. The largest absolute Gasteiger partial charge is 0.378 e. The first kappa shape index (κ1) is 23.4. The maximum absolute atomic E-state index is 12.6. The molecule has 0 bridgehead atoms. The third-order valence-corrected chi connectivity index (χ3v) is 6.76. The molecule has 1 atom stereocenters. The van der Waals surface area contributed by atoms with Gasteiger partial charge in [-0.15, -0.1) is 17.0 Å². The molecule has 2 aromatic rings. The van der Waals surface area contributed by atoms with Crippen molar-refractivity contribution in [3.63, 3.8) is 0 Å². The van der Waals surface area contributed by atoms with Crippen LogP contribution in [0.25, 0.3) is 0 Å². The van der Waals surface area contributed by atoms with Crippen LogP contribution in [0.4, 0.5) is 16.2 Å². The van der Waals surface area contributed by atoms with Crippen LogP contribution < -0.4 is 15.8 Å². The topological polar surface area (TPSA) is 136 Å². The van der Waals surface area contributed by atoms with Gasteiger partial charge in [-0.05, 0) is 60.6 Å². The monoisotopic (exact) mass is 516 g/mol. The van der Waals surface area contributed by atoms with Crippen molar-refractivity contribution in [2.24, 2.45) is 15.9 Å². The minimum atomic E-state index is -3.79. The van der Waals surface area contributed by atoms with Crippen LogP contribution in [0.2, 0.25) is 0 Å². The van der Waals surface area contributed by atoms with E-state index in [2.05, 4.69) is 4.99 Å². The van der Waals surface area contributed by atoms with E-state index in [9.17, 15) is 18.0 Å². The summed E-state index contributed by atoms with van der Waals surface area (Å²) in [6, 6.07) is 12.6. The number of primary sulfonamides is 1. The number of carbonyl (C=O) groups excluding carboxylic acids is 2. The standard InChI is InChI=1S/C17H16N4O4S3.BrH/c1-10-3-2-4-12(9-10)21-14(22)15(27-17(21)23)26-16(18)20-11-5-7-13(8-6-11)28(19,24)25;/h2-9,15H,1H3,(H2,18,20)(H2,19,24,25);1H. The lowest BCUT2D eigenvalue weighted by Gasteiger charge is -2.14. The number of thioether (sulfide) groups is 2. The van der Waals surface area contributed by atoms with Crippen molar-refractivity contribution >= 4 is 78.2 Å². The van der Waals surface area contributed by atoms with E-state index in [1.54, 1.807) is 18.2 Å². The summed E-state index contributed by atoms with van der Waals surface area (Å²) in [5, 5.41) is 4.75. The van der Waals surface area contributed by atoms with Crippen LogP contribution in [0, 0.1) is 6.92 Å². The van der Waals surface area contributed by atoms with Gasteiger partial charge in [0.15, 0.2) is 5.17 Å². The Labute approximate surface area is 186 Å². The number of hydrogen-bond donors (Lipinski definition) is 2. The third kappa shape index (κ3) is 5.60. The molecule has 2 aromatic carbocycles. The number of rotatable bonds is 4.